The van der Waals surface area contributed by atoms with E-state index >= 15 is 0 Å². The van der Waals surface area contributed by atoms with Crippen molar-refractivity contribution in [2.75, 3.05) is 0 Å². The lowest BCUT2D eigenvalue weighted by molar-refractivity contribution is -0.117. The van der Waals surface area contributed by atoms with E-state index in [0.717, 1.165) is 24.0 Å². The highest BCUT2D eigenvalue weighted by atomic mass is 79.9. The highest BCUT2D eigenvalue weighted by Crippen LogP contribution is 2.30. The first-order valence-electron chi connectivity index (χ1n) is 5.59. The number of nitrogens with two attached hydrogens (primary N) is 1. The Bertz CT molecular complexity index is 503. The lowest BCUT2D eigenvalue weighted by Gasteiger charge is -2.13. The van der Waals surface area contributed by atoms with Gasteiger partial charge in [-0.2, -0.15) is 0 Å². The van der Waals surface area contributed by atoms with Crippen LogP contribution < -0.4 is 5.73 Å². The summed E-state index contributed by atoms with van der Waals surface area (Å²) in [6, 6.07) is 7.91. The molecule has 0 fully saturated rings. The van der Waals surface area contributed by atoms with Gasteiger partial charge in [0.1, 0.15) is 0 Å². The number of benzene rings is 1. The van der Waals surface area contributed by atoms with Gasteiger partial charge < -0.3 is 5.73 Å². The molecule has 17 heavy (non-hydrogen) atoms. The molecule has 1 amide bonds. The van der Waals surface area contributed by atoms with Gasteiger partial charge in [-0.15, -0.1) is 0 Å². The van der Waals surface area contributed by atoms with Crippen LogP contribution in [0.4, 0.5) is 0 Å². The number of amides is 1. The van der Waals surface area contributed by atoms with Gasteiger partial charge in [-0.05, 0) is 40.1 Å². The van der Waals surface area contributed by atoms with E-state index in [1.165, 1.54) is 10.1 Å². The number of halogens is 1. The second-order valence-corrected chi connectivity index (χ2v) is 5.11. The molecule has 0 unspecified atom stereocenters. The smallest absolute Gasteiger partial charge is 0.221 e. The van der Waals surface area contributed by atoms with Crippen molar-refractivity contribution in [2.24, 2.45) is 5.73 Å². The molecule has 0 aromatic heterocycles. The van der Waals surface area contributed by atoms with Gasteiger partial charge in [-0.3, -0.25) is 4.79 Å². The Morgan fingerprint density at radius 3 is 2.82 bits per heavy atom. The Labute approximate surface area is 109 Å². The highest BCUT2D eigenvalue weighted by Gasteiger charge is 2.10. The molecule has 0 saturated heterocycles. The first kappa shape index (κ1) is 12.1. The number of hydrogen-bond donors (Lipinski definition) is 1. The van der Waals surface area contributed by atoms with Crippen molar-refractivity contribution in [3.8, 4) is 0 Å². The van der Waals surface area contributed by atoms with Crippen molar-refractivity contribution in [3.05, 3.63) is 52.0 Å². The summed E-state index contributed by atoms with van der Waals surface area (Å²) in [5.74, 6) is -0.295. The Balaban J connectivity index is 2.38. The third-order valence-electron chi connectivity index (χ3n) is 2.75. The molecule has 0 radical (unpaired) electrons. The van der Waals surface area contributed by atoms with Crippen LogP contribution in [-0.2, 0) is 11.2 Å². The molecule has 2 rings (SSSR count). The minimum Gasteiger partial charge on any atom is -0.369 e. The molecule has 1 aromatic rings. The monoisotopic (exact) mass is 291 g/mol. The lowest BCUT2D eigenvalue weighted by Crippen LogP contribution is -2.14. The third kappa shape index (κ3) is 3.07. The lowest BCUT2D eigenvalue weighted by atomic mass is 9.94. The van der Waals surface area contributed by atoms with Crippen LogP contribution in [0.25, 0.3) is 5.57 Å². The van der Waals surface area contributed by atoms with Crippen LogP contribution >= 0.6 is 15.9 Å². The SMILES string of the molecule is NC(=O)Cc1ccccc1C1=CCCC(Br)=C1. The standard InChI is InChI=1S/C14H14BrNO/c15-12-6-3-5-10(8-12)13-7-2-1-4-11(13)9-14(16)17/h1-2,4-5,7-8H,3,6,9H2,(H2,16,17). The molecule has 1 aliphatic carbocycles. The Morgan fingerprint density at radius 1 is 1.35 bits per heavy atom. The van der Waals surface area contributed by atoms with E-state index in [2.05, 4.69) is 28.1 Å². The predicted octanol–water partition coefficient (Wildman–Crippen LogP) is 3.17. The summed E-state index contributed by atoms with van der Waals surface area (Å²) in [7, 11) is 0. The van der Waals surface area contributed by atoms with Gasteiger partial charge in [-0.25, -0.2) is 0 Å². The van der Waals surface area contributed by atoms with E-state index in [9.17, 15) is 4.79 Å². The molecule has 88 valence electrons. The molecular formula is C14H14BrNO. The molecule has 1 aromatic carbocycles. The van der Waals surface area contributed by atoms with Gasteiger partial charge in [0.15, 0.2) is 0 Å². The van der Waals surface area contributed by atoms with Gasteiger partial charge in [0.25, 0.3) is 0 Å². The first-order valence-corrected chi connectivity index (χ1v) is 6.39. The zero-order valence-corrected chi connectivity index (χ0v) is 11.0. The number of rotatable bonds is 3. The van der Waals surface area contributed by atoms with Crippen molar-refractivity contribution in [1.29, 1.82) is 0 Å². The molecule has 1 aliphatic rings. The van der Waals surface area contributed by atoms with Crippen molar-refractivity contribution in [1.82, 2.24) is 0 Å². The average molecular weight is 292 g/mol. The summed E-state index contributed by atoms with van der Waals surface area (Å²) in [4.78, 5) is 11.0. The molecule has 0 bridgehead atoms. The second kappa shape index (κ2) is 5.32. The Kier molecular flexibility index (Phi) is 3.79. The fraction of sp³-hybridized carbons (Fsp3) is 0.214. The van der Waals surface area contributed by atoms with Gasteiger partial charge in [0.05, 0.1) is 6.42 Å². The van der Waals surface area contributed by atoms with Crippen LogP contribution in [0, 0.1) is 0 Å². The van der Waals surface area contributed by atoms with Gasteiger partial charge in [0, 0.05) is 0 Å². The van der Waals surface area contributed by atoms with Crippen LogP contribution in [0.5, 0.6) is 0 Å². The number of hydrogen-bond acceptors (Lipinski definition) is 1. The maximum Gasteiger partial charge on any atom is 0.221 e. The average Bonchev–Trinajstić information content (AvgIpc) is 2.29. The molecule has 0 aliphatic heterocycles. The predicted molar refractivity (Wildman–Crippen MR) is 73.6 cm³/mol. The van der Waals surface area contributed by atoms with Gasteiger partial charge >= 0.3 is 0 Å². The van der Waals surface area contributed by atoms with Crippen LogP contribution in [0.2, 0.25) is 0 Å². The number of primary amides is 1. The van der Waals surface area contributed by atoms with Crippen molar-refractivity contribution in [2.45, 2.75) is 19.3 Å². The maximum atomic E-state index is 11.0. The normalized spacial score (nSPS) is 15.1. The second-order valence-electron chi connectivity index (χ2n) is 4.09. The molecular weight excluding hydrogens is 278 g/mol. The zero-order valence-electron chi connectivity index (χ0n) is 9.45. The molecule has 2 nitrogen and oxygen atoms in total. The van der Waals surface area contributed by atoms with E-state index in [1.807, 2.05) is 24.3 Å². The maximum absolute atomic E-state index is 11.0. The summed E-state index contributed by atoms with van der Waals surface area (Å²) in [5, 5.41) is 0. The molecule has 3 heteroatoms. The van der Waals surface area contributed by atoms with Crippen LogP contribution in [-0.4, -0.2) is 5.91 Å². The Morgan fingerprint density at radius 2 is 2.12 bits per heavy atom. The quantitative estimate of drug-likeness (QED) is 0.913. The van der Waals surface area contributed by atoms with Crippen LogP contribution in [0.15, 0.2) is 40.9 Å². The summed E-state index contributed by atoms with van der Waals surface area (Å²) >= 11 is 3.53. The van der Waals surface area contributed by atoms with Gasteiger partial charge in [0.2, 0.25) is 5.91 Å². The number of carbonyl (C=O) groups is 1. The van der Waals surface area contributed by atoms with E-state index in [0.29, 0.717) is 6.42 Å². The molecule has 0 heterocycles. The summed E-state index contributed by atoms with van der Waals surface area (Å²) in [5.41, 5.74) is 8.52. The molecule has 0 atom stereocenters. The van der Waals surface area contributed by atoms with Crippen molar-refractivity contribution < 1.29 is 4.79 Å². The number of allylic oxidation sites excluding steroid dienone is 4. The molecule has 0 saturated carbocycles. The van der Waals surface area contributed by atoms with E-state index in [4.69, 9.17) is 5.73 Å². The fourth-order valence-electron chi connectivity index (χ4n) is 2.00. The van der Waals surface area contributed by atoms with Gasteiger partial charge in [-0.1, -0.05) is 46.3 Å². The summed E-state index contributed by atoms with van der Waals surface area (Å²) in [6.45, 7) is 0. The van der Waals surface area contributed by atoms with Crippen LogP contribution in [0.1, 0.15) is 24.0 Å². The van der Waals surface area contributed by atoms with Crippen molar-refractivity contribution in [3.63, 3.8) is 0 Å². The topological polar surface area (TPSA) is 43.1 Å². The Hall–Kier alpha value is -1.35. The van der Waals surface area contributed by atoms with E-state index in [-0.39, 0.29) is 5.91 Å². The highest BCUT2D eigenvalue weighted by molar-refractivity contribution is 9.11. The van der Waals surface area contributed by atoms with E-state index < -0.39 is 0 Å². The fourth-order valence-corrected chi connectivity index (χ4v) is 2.47. The molecule has 2 N–H and O–H groups in total. The third-order valence-corrected chi connectivity index (χ3v) is 3.38. The summed E-state index contributed by atoms with van der Waals surface area (Å²) in [6.07, 6.45) is 6.67. The largest absolute Gasteiger partial charge is 0.369 e. The minimum absolute atomic E-state index is 0.291. The number of carbonyl (C=O) groups excluding carboxylic acids is 1. The summed E-state index contributed by atoms with van der Waals surface area (Å²) < 4.78 is 1.20. The van der Waals surface area contributed by atoms with Crippen molar-refractivity contribution >= 4 is 27.4 Å². The van der Waals surface area contributed by atoms with Crippen LogP contribution in [0.3, 0.4) is 0 Å². The molecule has 0 spiro atoms. The zero-order chi connectivity index (χ0) is 12.3. The minimum atomic E-state index is -0.295. The first-order chi connectivity index (χ1) is 8.16. The van der Waals surface area contributed by atoms with E-state index in [1.54, 1.807) is 0 Å².